The summed E-state index contributed by atoms with van der Waals surface area (Å²) in [4.78, 5) is 3.67. The monoisotopic (exact) mass is 306 g/mol. The molecule has 106 valence electrons. The van der Waals surface area contributed by atoms with Gasteiger partial charge in [0.2, 0.25) is 0 Å². The predicted octanol–water partition coefficient (Wildman–Crippen LogP) is 3.73. The summed E-state index contributed by atoms with van der Waals surface area (Å²) in [6.45, 7) is 3.08. The van der Waals surface area contributed by atoms with Crippen molar-refractivity contribution in [3.8, 4) is 0 Å². The molecule has 0 radical (unpaired) electrons. The molecule has 1 aliphatic heterocycles. The summed E-state index contributed by atoms with van der Waals surface area (Å²) in [6, 6.07) is 10.9. The first-order chi connectivity index (χ1) is 9.72. The Hall–Kier alpha value is -1.03. The zero-order valence-corrected chi connectivity index (χ0v) is 13.2. The zero-order valence-electron chi connectivity index (χ0n) is 11.7. The predicted molar refractivity (Wildman–Crippen MR) is 88.2 cm³/mol. The lowest BCUT2D eigenvalue weighted by molar-refractivity contribution is 0.690. The summed E-state index contributed by atoms with van der Waals surface area (Å²) >= 11 is 7.60. The van der Waals surface area contributed by atoms with Crippen molar-refractivity contribution in [2.24, 2.45) is 0 Å². The van der Waals surface area contributed by atoms with Crippen LogP contribution >= 0.6 is 22.9 Å². The molecule has 0 atom stereocenters. The number of hydrogen-bond acceptors (Lipinski definition) is 3. The normalized spacial score (nSPS) is 13.8. The highest BCUT2D eigenvalue weighted by molar-refractivity contribution is 7.16. The Kier molecular flexibility index (Phi) is 4.29. The Bertz CT molecular complexity index is 594. The van der Waals surface area contributed by atoms with E-state index in [1.807, 2.05) is 6.07 Å². The molecule has 4 heteroatoms. The van der Waals surface area contributed by atoms with E-state index >= 15 is 0 Å². The molecule has 2 nitrogen and oxygen atoms in total. The minimum atomic E-state index is 0.878. The number of nitrogens with zero attached hydrogens (tertiary/aromatic N) is 1. The van der Waals surface area contributed by atoms with E-state index < -0.39 is 0 Å². The second-order valence-corrected chi connectivity index (χ2v) is 7.07. The van der Waals surface area contributed by atoms with Crippen LogP contribution in [-0.4, -0.2) is 20.1 Å². The van der Waals surface area contributed by atoms with Crippen LogP contribution in [0.1, 0.15) is 16.0 Å². The van der Waals surface area contributed by atoms with Crippen LogP contribution < -0.4 is 10.2 Å². The molecule has 0 saturated heterocycles. The summed E-state index contributed by atoms with van der Waals surface area (Å²) in [7, 11) is 2.16. The highest BCUT2D eigenvalue weighted by Crippen LogP contribution is 2.27. The molecule has 0 aliphatic carbocycles. The first kappa shape index (κ1) is 13.9. The molecule has 0 unspecified atom stereocenters. The Morgan fingerprint density at radius 3 is 3.00 bits per heavy atom. The average molecular weight is 307 g/mol. The van der Waals surface area contributed by atoms with Crippen molar-refractivity contribution < 1.29 is 0 Å². The summed E-state index contributed by atoms with van der Waals surface area (Å²) in [5.74, 6) is 0. The lowest BCUT2D eigenvalue weighted by Gasteiger charge is -2.12. The van der Waals surface area contributed by atoms with E-state index in [0.29, 0.717) is 0 Å². The van der Waals surface area contributed by atoms with Crippen LogP contribution in [0.5, 0.6) is 0 Å². The molecule has 1 aromatic heterocycles. The maximum atomic E-state index is 5.93. The number of hydrogen-bond donors (Lipinski definition) is 1. The molecular formula is C16H19ClN2S. The second-order valence-electron chi connectivity index (χ2n) is 5.27. The summed E-state index contributed by atoms with van der Waals surface area (Å²) in [5.41, 5.74) is 4.25. The molecule has 0 bridgehead atoms. The molecule has 2 aromatic rings. The standard InChI is InChI=1S/C16H19ClN2S/c1-19-9-7-13-10-12(2-4-15(13)19)11-18-8-6-14-3-5-16(17)20-14/h2-5,10,18H,6-9,11H2,1H3. The van der Waals surface area contributed by atoms with Crippen molar-refractivity contribution >= 4 is 28.6 Å². The highest BCUT2D eigenvalue weighted by atomic mass is 35.5. The fourth-order valence-electron chi connectivity index (χ4n) is 2.66. The van der Waals surface area contributed by atoms with Gasteiger partial charge in [-0.3, -0.25) is 0 Å². The van der Waals surface area contributed by atoms with Crippen molar-refractivity contribution in [2.75, 3.05) is 25.0 Å². The van der Waals surface area contributed by atoms with Gasteiger partial charge in [0.1, 0.15) is 0 Å². The minimum Gasteiger partial charge on any atom is -0.374 e. The Morgan fingerprint density at radius 2 is 2.20 bits per heavy atom. The van der Waals surface area contributed by atoms with E-state index in [9.17, 15) is 0 Å². The lowest BCUT2D eigenvalue weighted by Crippen LogP contribution is -2.16. The van der Waals surface area contributed by atoms with Gasteiger partial charge in [-0.05, 0) is 42.2 Å². The molecule has 0 fully saturated rings. The molecule has 0 saturated carbocycles. The smallest absolute Gasteiger partial charge is 0.0931 e. The number of nitrogens with one attached hydrogen (secondary N) is 1. The van der Waals surface area contributed by atoms with Crippen molar-refractivity contribution in [1.82, 2.24) is 5.32 Å². The van der Waals surface area contributed by atoms with E-state index in [0.717, 1.165) is 30.4 Å². The Labute approximate surface area is 129 Å². The first-order valence-corrected chi connectivity index (χ1v) is 8.20. The fraction of sp³-hybridized carbons (Fsp3) is 0.375. The van der Waals surface area contributed by atoms with Crippen molar-refractivity contribution in [2.45, 2.75) is 19.4 Å². The van der Waals surface area contributed by atoms with Crippen LogP contribution in [-0.2, 0) is 19.4 Å². The minimum absolute atomic E-state index is 0.878. The molecule has 20 heavy (non-hydrogen) atoms. The maximum Gasteiger partial charge on any atom is 0.0931 e. The Balaban J connectivity index is 1.49. The molecule has 3 rings (SSSR count). The largest absolute Gasteiger partial charge is 0.374 e. The summed E-state index contributed by atoms with van der Waals surface area (Å²) in [5, 5.41) is 3.51. The number of halogens is 1. The molecule has 0 amide bonds. The number of benzene rings is 1. The van der Waals surface area contributed by atoms with Crippen molar-refractivity contribution in [3.63, 3.8) is 0 Å². The fourth-order valence-corrected chi connectivity index (χ4v) is 3.75. The van der Waals surface area contributed by atoms with E-state index in [2.05, 4.69) is 41.5 Å². The van der Waals surface area contributed by atoms with Gasteiger partial charge in [0, 0.05) is 37.2 Å². The van der Waals surface area contributed by atoms with Gasteiger partial charge in [-0.1, -0.05) is 23.7 Å². The lowest BCUT2D eigenvalue weighted by atomic mass is 10.1. The molecule has 2 heterocycles. The number of rotatable bonds is 5. The first-order valence-electron chi connectivity index (χ1n) is 7.00. The molecule has 1 aliphatic rings. The third-order valence-electron chi connectivity index (χ3n) is 3.78. The van der Waals surface area contributed by atoms with Gasteiger partial charge in [-0.15, -0.1) is 11.3 Å². The quantitative estimate of drug-likeness (QED) is 0.847. The molecule has 1 N–H and O–H groups in total. The van der Waals surface area contributed by atoms with Crippen LogP contribution in [0.15, 0.2) is 30.3 Å². The third kappa shape index (κ3) is 3.17. The van der Waals surface area contributed by atoms with Gasteiger partial charge in [-0.2, -0.15) is 0 Å². The SMILES string of the molecule is CN1CCc2cc(CNCCc3ccc(Cl)s3)ccc21. The van der Waals surface area contributed by atoms with Crippen molar-refractivity contribution in [3.05, 3.63) is 50.7 Å². The molecule has 1 aromatic carbocycles. The summed E-state index contributed by atoms with van der Waals surface area (Å²) in [6.07, 6.45) is 2.22. The maximum absolute atomic E-state index is 5.93. The van der Waals surface area contributed by atoms with Gasteiger partial charge in [0.05, 0.1) is 4.34 Å². The zero-order chi connectivity index (χ0) is 13.9. The van der Waals surface area contributed by atoms with E-state index in [1.165, 1.54) is 28.1 Å². The number of fused-ring (bicyclic) bond motifs is 1. The summed E-state index contributed by atoms with van der Waals surface area (Å²) < 4.78 is 0.878. The molecule has 0 spiro atoms. The molecular weight excluding hydrogens is 288 g/mol. The number of anilines is 1. The van der Waals surface area contributed by atoms with Gasteiger partial charge in [0.25, 0.3) is 0 Å². The van der Waals surface area contributed by atoms with Crippen LogP contribution in [0, 0.1) is 0 Å². The second kappa shape index (κ2) is 6.17. The van der Waals surface area contributed by atoms with Crippen LogP contribution in [0.2, 0.25) is 4.34 Å². The van der Waals surface area contributed by atoms with E-state index in [1.54, 1.807) is 11.3 Å². The van der Waals surface area contributed by atoms with E-state index in [4.69, 9.17) is 11.6 Å². The van der Waals surface area contributed by atoms with Gasteiger partial charge < -0.3 is 10.2 Å². The van der Waals surface area contributed by atoms with Gasteiger partial charge in [0.15, 0.2) is 0 Å². The number of thiophene rings is 1. The van der Waals surface area contributed by atoms with Crippen molar-refractivity contribution in [1.29, 1.82) is 0 Å². The van der Waals surface area contributed by atoms with Crippen LogP contribution in [0.25, 0.3) is 0 Å². The third-order valence-corrected chi connectivity index (χ3v) is 5.07. The van der Waals surface area contributed by atoms with E-state index in [-0.39, 0.29) is 0 Å². The average Bonchev–Trinajstić information content (AvgIpc) is 3.02. The van der Waals surface area contributed by atoms with Gasteiger partial charge in [-0.25, -0.2) is 0 Å². The topological polar surface area (TPSA) is 15.3 Å². The van der Waals surface area contributed by atoms with Gasteiger partial charge >= 0.3 is 0 Å². The Morgan fingerprint density at radius 1 is 1.30 bits per heavy atom. The number of likely N-dealkylation sites (N-methyl/N-ethyl adjacent to an activating group) is 1. The van der Waals surface area contributed by atoms with Crippen LogP contribution in [0.4, 0.5) is 5.69 Å². The van der Waals surface area contributed by atoms with Crippen LogP contribution in [0.3, 0.4) is 0 Å². The highest BCUT2D eigenvalue weighted by Gasteiger charge is 2.15.